The van der Waals surface area contributed by atoms with Crippen molar-refractivity contribution in [1.29, 1.82) is 0 Å². The molecule has 0 spiro atoms. The molecule has 1 aliphatic rings. The first-order valence-electron chi connectivity index (χ1n) is 7.85. The number of rotatable bonds is 3. The molecule has 9 heteroatoms. The van der Waals surface area contributed by atoms with Gasteiger partial charge in [-0.1, -0.05) is 0 Å². The van der Waals surface area contributed by atoms with E-state index in [1.807, 2.05) is 20.8 Å². The van der Waals surface area contributed by atoms with E-state index in [0.29, 0.717) is 17.8 Å². The predicted octanol–water partition coefficient (Wildman–Crippen LogP) is 3.46. The van der Waals surface area contributed by atoms with Crippen LogP contribution in [0.5, 0.6) is 0 Å². The monoisotopic (exact) mass is 372 g/mol. The maximum atomic E-state index is 12.8. The van der Waals surface area contributed by atoms with Crippen LogP contribution in [0.3, 0.4) is 0 Å². The van der Waals surface area contributed by atoms with Gasteiger partial charge in [-0.2, -0.15) is 18.3 Å². The highest BCUT2D eigenvalue weighted by Gasteiger charge is 2.33. The van der Waals surface area contributed by atoms with Crippen LogP contribution >= 0.6 is 0 Å². The smallest absolute Gasteiger partial charge is 0.267 e. The minimum atomic E-state index is -4.49. The molecule has 2 aromatic rings. The van der Waals surface area contributed by atoms with E-state index in [4.69, 9.17) is 0 Å². The Kier molecular flexibility index (Phi) is 4.48. The molecular weight excluding hydrogens is 353 g/mol. The van der Waals surface area contributed by atoms with Gasteiger partial charge in [-0.15, -0.1) is 0 Å². The Balaban J connectivity index is 1.87. The summed E-state index contributed by atoms with van der Waals surface area (Å²) in [5, 5.41) is 4.39. The van der Waals surface area contributed by atoms with Gasteiger partial charge in [0, 0.05) is 18.3 Å². The van der Waals surface area contributed by atoms with Crippen molar-refractivity contribution in [2.24, 2.45) is 0 Å². The maximum absolute atomic E-state index is 12.8. The van der Waals surface area contributed by atoms with E-state index in [0.717, 1.165) is 24.4 Å². The summed E-state index contributed by atoms with van der Waals surface area (Å²) in [4.78, 5) is 3.37. The third kappa shape index (κ3) is 3.77. The first-order chi connectivity index (χ1) is 11.6. The van der Waals surface area contributed by atoms with E-state index >= 15 is 0 Å². The zero-order chi connectivity index (χ0) is 18.4. The molecule has 0 bridgehead atoms. The molecule has 1 unspecified atom stereocenters. The molecule has 0 aliphatic carbocycles. The van der Waals surface area contributed by atoms with Crippen molar-refractivity contribution in [2.45, 2.75) is 50.7 Å². The molecule has 5 nitrogen and oxygen atoms in total. The van der Waals surface area contributed by atoms with Crippen LogP contribution in [0.1, 0.15) is 44.6 Å². The summed E-state index contributed by atoms with van der Waals surface area (Å²) in [5.41, 5.74) is 0.704. The summed E-state index contributed by atoms with van der Waals surface area (Å²) in [6.07, 6.45) is -2.62. The van der Waals surface area contributed by atoms with E-state index in [2.05, 4.69) is 14.8 Å². The molecule has 136 valence electrons. The fraction of sp³-hybridized carbons (Fsp3) is 0.500. The predicted molar refractivity (Wildman–Crippen MR) is 88.8 cm³/mol. The fourth-order valence-electron chi connectivity index (χ4n) is 2.60. The Morgan fingerprint density at radius 2 is 2.00 bits per heavy atom. The van der Waals surface area contributed by atoms with Crippen molar-refractivity contribution in [3.05, 3.63) is 35.8 Å². The molecule has 1 aliphatic heterocycles. The molecule has 2 aromatic heterocycles. The fourth-order valence-corrected chi connectivity index (χ4v) is 3.45. The van der Waals surface area contributed by atoms with Gasteiger partial charge in [-0.25, -0.2) is 8.93 Å². The van der Waals surface area contributed by atoms with Crippen molar-refractivity contribution in [3.63, 3.8) is 0 Å². The van der Waals surface area contributed by atoms with E-state index < -0.39 is 27.6 Å². The van der Waals surface area contributed by atoms with Gasteiger partial charge in [0.2, 0.25) is 0 Å². The maximum Gasteiger partial charge on any atom is 0.433 e. The Morgan fingerprint density at radius 3 is 2.64 bits per heavy atom. The summed E-state index contributed by atoms with van der Waals surface area (Å²) >= 11 is 0. The van der Waals surface area contributed by atoms with Gasteiger partial charge in [-0.3, -0.25) is 9.67 Å². The Bertz CT molecular complexity index is 810. The molecule has 0 saturated carbocycles. The van der Waals surface area contributed by atoms with Crippen LogP contribution in [0.2, 0.25) is 0 Å². The Hall–Kier alpha value is -1.74. The molecule has 25 heavy (non-hydrogen) atoms. The normalized spacial score (nSPS) is 19.0. The number of halogens is 3. The van der Waals surface area contributed by atoms with Crippen LogP contribution < -0.4 is 4.72 Å². The summed E-state index contributed by atoms with van der Waals surface area (Å²) < 4.78 is 55.2. The van der Waals surface area contributed by atoms with E-state index in [9.17, 15) is 17.4 Å². The van der Waals surface area contributed by atoms with Crippen LogP contribution in [0.15, 0.2) is 24.4 Å². The van der Waals surface area contributed by atoms with Crippen LogP contribution in [-0.2, 0) is 23.7 Å². The van der Waals surface area contributed by atoms with Crippen molar-refractivity contribution in [1.82, 2.24) is 19.5 Å². The Labute approximate surface area is 146 Å². The van der Waals surface area contributed by atoms with E-state index in [1.54, 1.807) is 10.7 Å². The minimum absolute atomic E-state index is 0.134. The third-order valence-corrected chi connectivity index (χ3v) is 5.56. The average molecular weight is 372 g/mol. The molecule has 3 heterocycles. The van der Waals surface area contributed by atoms with Gasteiger partial charge in [0.15, 0.2) is 0 Å². The number of hydrogen-bond acceptors (Lipinski definition) is 3. The van der Waals surface area contributed by atoms with Crippen molar-refractivity contribution in [2.75, 3.05) is 0 Å². The van der Waals surface area contributed by atoms with Crippen molar-refractivity contribution in [3.8, 4) is 11.3 Å². The second-order valence-corrected chi connectivity index (χ2v) is 8.94. The largest absolute Gasteiger partial charge is 0.433 e. The number of alkyl halides is 3. The van der Waals surface area contributed by atoms with E-state index in [1.165, 1.54) is 6.07 Å². The summed E-state index contributed by atoms with van der Waals surface area (Å²) in [6.45, 7) is 6.27. The average Bonchev–Trinajstić information content (AvgIpc) is 3.07. The summed E-state index contributed by atoms with van der Waals surface area (Å²) in [7, 11) is -1.23. The quantitative estimate of drug-likeness (QED) is 0.898. The molecule has 0 saturated heterocycles. The lowest BCUT2D eigenvalue weighted by Gasteiger charge is -2.21. The number of aromatic nitrogens is 3. The second-order valence-electron chi connectivity index (χ2n) is 6.95. The number of nitrogens with one attached hydrogen (secondary N) is 1. The van der Waals surface area contributed by atoms with Crippen molar-refractivity contribution < 1.29 is 17.4 Å². The highest BCUT2D eigenvalue weighted by atomic mass is 32.2. The highest BCUT2D eigenvalue weighted by molar-refractivity contribution is 7.84. The first kappa shape index (κ1) is 18.1. The number of pyridine rings is 1. The lowest BCUT2D eigenvalue weighted by atomic mass is 10.1. The topological polar surface area (TPSA) is 59.8 Å². The molecule has 1 N–H and O–H groups in total. The number of fused-ring (bicyclic) bond motifs is 1. The molecule has 3 rings (SSSR count). The molecule has 0 fully saturated rings. The summed E-state index contributed by atoms with van der Waals surface area (Å²) in [6, 6.07) is 4.11. The first-order valence-corrected chi connectivity index (χ1v) is 9.00. The minimum Gasteiger partial charge on any atom is -0.267 e. The lowest BCUT2D eigenvalue weighted by Crippen LogP contribution is -2.35. The molecule has 0 radical (unpaired) electrons. The van der Waals surface area contributed by atoms with Crippen LogP contribution in [0, 0.1) is 0 Å². The lowest BCUT2D eigenvalue weighted by molar-refractivity contribution is -0.141. The zero-order valence-corrected chi connectivity index (χ0v) is 14.9. The van der Waals surface area contributed by atoms with Gasteiger partial charge in [0.05, 0.1) is 33.2 Å². The van der Waals surface area contributed by atoms with Gasteiger partial charge in [0.1, 0.15) is 5.69 Å². The molecular formula is C16H19F3N4OS. The SMILES string of the molecule is CC(C)(C)[S@@](=O)NC1CCn2nc(-c3ccnc(C(F)(F)F)c3)cc21. The second kappa shape index (κ2) is 6.21. The summed E-state index contributed by atoms with van der Waals surface area (Å²) in [5.74, 6) is 0. The van der Waals surface area contributed by atoms with Crippen LogP contribution in [0.25, 0.3) is 11.3 Å². The van der Waals surface area contributed by atoms with Gasteiger partial charge >= 0.3 is 6.18 Å². The number of nitrogens with zero attached hydrogens (tertiary/aromatic N) is 3. The number of aryl methyl sites for hydroxylation is 1. The number of hydrogen-bond donors (Lipinski definition) is 1. The van der Waals surface area contributed by atoms with Crippen LogP contribution in [0.4, 0.5) is 13.2 Å². The molecule has 0 aromatic carbocycles. The van der Waals surface area contributed by atoms with Crippen LogP contribution in [-0.4, -0.2) is 23.7 Å². The Morgan fingerprint density at radius 1 is 1.28 bits per heavy atom. The molecule has 2 atom stereocenters. The molecule has 0 amide bonds. The van der Waals surface area contributed by atoms with Gasteiger partial charge in [0.25, 0.3) is 0 Å². The zero-order valence-electron chi connectivity index (χ0n) is 14.1. The standard InChI is InChI=1S/C16H19F3N4OS/c1-15(2,3)25(24)22-11-5-7-23-13(11)9-12(21-23)10-4-6-20-14(8-10)16(17,18)19/h4,6,8-9,11,22H,5,7H2,1-3H3/t11?,25-/m1/s1. The van der Waals surface area contributed by atoms with E-state index in [-0.39, 0.29) is 6.04 Å². The third-order valence-electron chi connectivity index (χ3n) is 3.95. The van der Waals surface area contributed by atoms with Gasteiger partial charge in [-0.05, 0) is 45.4 Å². The van der Waals surface area contributed by atoms with Crippen molar-refractivity contribution >= 4 is 11.0 Å². The highest BCUT2D eigenvalue weighted by Crippen LogP contribution is 2.33. The van der Waals surface area contributed by atoms with Gasteiger partial charge < -0.3 is 0 Å².